The van der Waals surface area contributed by atoms with Crippen LogP contribution < -0.4 is 19.5 Å². The summed E-state index contributed by atoms with van der Waals surface area (Å²) in [5.41, 5.74) is 1.90. The Morgan fingerprint density at radius 3 is 2.07 bits per heavy atom. The summed E-state index contributed by atoms with van der Waals surface area (Å²) in [6.07, 6.45) is 0. The molecule has 3 rings (SSSR count). The lowest BCUT2D eigenvalue weighted by Crippen LogP contribution is -2.13. The number of carbonyl (C=O) groups excluding carboxylic acids is 1. The number of amides is 1. The number of benzene rings is 2. The van der Waals surface area contributed by atoms with E-state index in [9.17, 15) is 4.79 Å². The molecule has 0 spiro atoms. The number of carbonyl (C=O) groups is 1. The van der Waals surface area contributed by atoms with Crippen molar-refractivity contribution in [2.75, 3.05) is 25.1 Å². The summed E-state index contributed by atoms with van der Waals surface area (Å²) >= 11 is 0. The lowest BCUT2D eigenvalue weighted by atomic mass is 10.1. The second-order valence-electron chi connectivity index (χ2n) is 6.26. The Kier molecular flexibility index (Phi) is 6.84. The van der Waals surface area contributed by atoms with Gasteiger partial charge in [-0.25, -0.2) is 4.68 Å². The zero-order valence-electron chi connectivity index (χ0n) is 17.5. The van der Waals surface area contributed by atoms with Gasteiger partial charge >= 0.3 is 0 Å². The van der Waals surface area contributed by atoms with Crippen LogP contribution in [0.2, 0.25) is 0 Å². The second-order valence-corrected chi connectivity index (χ2v) is 6.26. The standard InChI is InChI=1S/C21H25N5O4/c1-5-28-17-12-15(13-18(29-6-2)19(17)30-7-3)21(27)22-16-10-8-14(9-11-16)20-23-24-25-26(20)4/h8-13H,5-7H2,1-4H3,(H,22,27). The molecule has 0 radical (unpaired) electrons. The van der Waals surface area contributed by atoms with Gasteiger partial charge in [-0.2, -0.15) is 0 Å². The van der Waals surface area contributed by atoms with Gasteiger partial charge in [0.1, 0.15) is 0 Å². The molecule has 0 saturated heterocycles. The van der Waals surface area contributed by atoms with Gasteiger partial charge in [0.15, 0.2) is 17.3 Å². The minimum absolute atomic E-state index is 0.284. The molecular formula is C21H25N5O4. The van der Waals surface area contributed by atoms with Crippen molar-refractivity contribution in [2.24, 2.45) is 7.05 Å². The largest absolute Gasteiger partial charge is 0.490 e. The molecule has 0 fully saturated rings. The van der Waals surface area contributed by atoms with Crippen molar-refractivity contribution >= 4 is 11.6 Å². The lowest BCUT2D eigenvalue weighted by molar-refractivity contribution is 0.102. The van der Waals surface area contributed by atoms with Crippen molar-refractivity contribution in [3.8, 4) is 28.6 Å². The number of tetrazole rings is 1. The number of aromatic nitrogens is 4. The summed E-state index contributed by atoms with van der Waals surface area (Å²) < 4.78 is 18.6. The molecule has 3 aromatic rings. The van der Waals surface area contributed by atoms with Gasteiger partial charge in [-0.15, -0.1) is 5.10 Å². The van der Waals surface area contributed by atoms with E-state index in [1.165, 1.54) is 0 Å². The van der Waals surface area contributed by atoms with Gasteiger partial charge in [0.25, 0.3) is 5.91 Å². The van der Waals surface area contributed by atoms with Crippen LogP contribution in [0.25, 0.3) is 11.4 Å². The third-order valence-electron chi connectivity index (χ3n) is 4.19. The van der Waals surface area contributed by atoms with E-state index in [2.05, 4.69) is 20.8 Å². The molecule has 0 aliphatic carbocycles. The maximum absolute atomic E-state index is 12.9. The highest BCUT2D eigenvalue weighted by Crippen LogP contribution is 2.39. The third-order valence-corrected chi connectivity index (χ3v) is 4.19. The number of nitrogens with one attached hydrogen (secondary N) is 1. The first-order valence-corrected chi connectivity index (χ1v) is 9.77. The molecule has 0 aliphatic rings. The van der Waals surface area contributed by atoms with Crippen LogP contribution >= 0.6 is 0 Å². The number of aryl methyl sites for hydroxylation is 1. The van der Waals surface area contributed by atoms with Gasteiger partial charge in [-0.05, 0) is 67.6 Å². The van der Waals surface area contributed by atoms with Crippen LogP contribution in [0.1, 0.15) is 31.1 Å². The van der Waals surface area contributed by atoms with Crippen molar-refractivity contribution in [3.05, 3.63) is 42.0 Å². The highest BCUT2D eigenvalue weighted by atomic mass is 16.5. The van der Waals surface area contributed by atoms with Crippen molar-refractivity contribution in [2.45, 2.75) is 20.8 Å². The zero-order valence-corrected chi connectivity index (χ0v) is 17.5. The maximum atomic E-state index is 12.9. The molecule has 30 heavy (non-hydrogen) atoms. The fourth-order valence-electron chi connectivity index (χ4n) is 2.90. The predicted octanol–water partition coefficient (Wildman–Crippen LogP) is 3.33. The quantitative estimate of drug-likeness (QED) is 0.576. The summed E-state index contributed by atoms with van der Waals surface area (Å²) in [5, 5.41) is 14.3. The van der Waals surface area contributed by atoms with E-state index in [0.717, 1.165) is 5.56 Å². The Hall–Kier alpha value is -3.62. The van der Waals surface area contributed by atoms with E-state index in [4.69, 9.17) is 14.2 Å². The number of ether oxygens (including phenoxy) is 3. The van der Waals surface area contributed by atoms with Crippen molar-refractivity contribution in [3.63, 3.8) is 0 Å². The molecule has 1 amide bonds. The maximum Gasteiger partial charge on any atom is 0.255 e. The smallest absolute Gasteiger partial charge is 0.255 e. The van der Waals surface area contributed by atoms with Crippen LogP contribution in [0, 0.1) is 0 Å². The highest BCUT2D eigenvalue weighted by Gasteiger charge is 2.18. The Balaban J connectivity index is 1.84. The monoisotopic (exact) mass is 411 g/mol. The van der Waals surface area contributed by atoms with Crippen molar-refractivity contribution < 1.29 is 19.0 Å². The van der Waals surface area contributed by atoms with Gasteiger partial charge in [0.05, 0.1) is 19.8 Å². The van der Waals surface area contributed by atoms with Crippen LogP contribution in [0.4, 0.5) is 5.69 Å². The summed E-state index contributed by atoms with van der Waals surface area (Å²) in [6, 6.07) is 10.6. The van der Waals surface area contributed by atoms with Gasteiger partial charge < -0.3 is 19.5 Å². The molecule has 0 bridgehead atoms. The highest BCUT2D eigenvalue weighted by molar-refractivity contribution is 6.05. The first kappa shape index (κ1) is 21.1. The number of hydrogen-bond acceptors (Lipinski definition) is 7. The Labute approximate surface area is 175 Å². The molecule has 1 N–H and O–H groups in total. The number of nitrogens with zero attached hydrogens (tertiary/aromatic N) is 4. The van der Waals surface area contributed by atoms with Crippen LogP contribution in [0.3, 0.4) is 0 Å². The average molecular weight is 411 g/mol. The first-order valence-electron chi connectivity index (χ1n) is 9.77. The van der Waals surface area contributed by atoms with Crippen LogP contribution in [-0.2, 0) is 7.05 Å². The lowest BCUT2D eigenvalue weighted by Gasteiger charge is -2.17. The predicted molar refractivity (Wildman–Crippen MR) is 112 cm³/mol. The fraction of sp³-hybridized carbons (Fsp3) is 0.333. The van der Waals surface area contributed by atoms with E-state index in [1.807, 2.05) is 32.9 Å². The third kappa shape index (κ3) is 4.68. The molecule has 0 aliphatic heterocycles. The van der Waals surface area contributed by atoms with E-state index >= 15 is 0 Å². The fourth-order valence-corrected chi connectivity index (χ4v) is 2.90. The Morgan fingerprint density at radius 2 is 1.57 bits per heavy atom. The molecule has 1 heterocycles. The summed E-state index contributed by atoms with van der Waals surface area (Å²) in [4.78, 5) is 12.9. The molecule has 0 atom stereocenters. The van der Waals surface area contributed by atoms with Gasteiger partial charge in [-0.3, -0.25) is 4.79 Å². The molecular weight excluding hydrogens is 386 g/mol. The van der Waals surface area contributed by atoms with E-state index in [1.54, 1.807) is 36.0 Å². The molecule has 9 nitrogen and oxygen atoms in total. The SMILES string of the molecule is CCOc1cc(C(=O)Nc2ccc(-c3nnnn3C)cc2)cc(OCC)c1OCC. The van der Waals surface area contributed by atoms with E-state index < -0.39 is 0 Å². The topological polar surface area (TPSA) is 100 Å². The number of anilines is 1. The van der Waals surface area contributed by atoms with Gasteiger partial charge in [0, 0.05) is 23.9 Å². The molecule has 1 aromatic heterocycles. The van der Waals surface area contributed by atoms with Crippen LogP contribution in [-0.4, -0.2) is 45.9 Å². The summed E-state index contributed by atoms with van der Waals surface area (Å²) in [6.45, 7) is 6.96. The van der Waals surface area contributed by atoms with Gasteiger partial charge in [-0.1, -0.05) is 0 Å². The number of hydrogen-bond donors (Lipinski definition) is 1. The van der Waals surface area contributed by atoms with Crippen molar-refractivity contribution in [1.82, 2.24) is 20.2 Å². The minimum atomic E-state index is -0.284. The molecule has 0 unspecified atom stereocenters. The van der Waals surface area contributed by atoms with Crippen LogP contribution in [0.5, 0.6) is 17.2 Å². The molecule has 9 heteroatoms. The average Bonchev–Trinajstić information content (AvgIpc) is 3.17. The van der Waals surface area contributed by atoms with Crippen LogP contribution in [0.15, 0.2) is 36.4 Å². The number of rotatable bonds is 9. The molecule has 0 saturated carbocycles. The van der Waals surface area contributed by atoms with E-state index in [-0.39, 0.29) is 5.91 Å². The normalized spacial score (nSPS) is 10.5. The summed E-state index contributed by atoms with van der Waals surface area (Å²) in [7, 11) is 1.77. The Morgan fingerprint density at radius 1 is 0.967 bits per heavy atom. The first-order chi connectivity index (χ1) is 14.6. The Bertz CT molecular complexity index is 974. The molecule has 158 valence electrons. The molecule has 2 aromatic carbocycles. The van der Waals surface area contributed by atoms with Gasteiger partial charge in [0.2, 0.25) is 5.75 Å². The summed E-state index contributed by atoms with van der Waals surface area (Å²) in [5.74, 6) is 1.80. The zero-order chi connectivity index (χ0) is 21.5. The second kappa shape index (κ2) is 9.73. The van der Waals surface area contributed by atoms with Crippen molar-refractivity contribution in [1.29, 1.82) is 0 Å². The van der Waals surface area contributed by atoms with E-state index in [0.29, 0.717) is 54.1 Å². The minimum Gasteiger partial charge on any atom is -0.490 e.